The summed E-state index contributed by atoms with van der Waals surface area (Å²) >= 11 is 0. The lowest BCUT2D eigenvalue weighted by Gasteiger charge is -2.22. The molecule has 22 heavy (non-hydrogen) atoms. The number of nitrogens with one attached hydrogen (secondary N) is 1. The summed E-state index contributed by atoms with van der Waals surface area (Å²) in [6.45, 7) is 1.35. The highest BCUT2D eigenvalue weighted by Gasteiger charge is 2.20. The molecular formula is C17H23NO4. The predicted molar refractivity (Wildman–Crippen MR) is 82.5 cm³/mol. The first-order valence-electron chi connectivity index (χ1n) is 7.83. The summed E-state index contributed by atoms with van der Waals surface area (Å²) in [5, 5.41) is 2.91. The number of benzene rings is 1. The topological polar surface area (TPSA) is 64.6 Å². The van der Waals surface area contributed by atoms with E-state index in [0.29, 0.717) is 5.75 Å². The van der Waals surface area contributed by atoms with Crippen LogP contribution in [-0.4, -0.2) is 30.6 Å². The van der Waals surface area contributed by atoms with Crippen LogP contribution in [0.5, 0.6) is 5.75 Å². The molecule has 1 aromatic carbocycles. The van der Waals surface area contributed by atoms with Crippen molar-refractivity contribution in [2.24, 2.45) is 0 Å². The van der Waals surface area contributed by atoms with Gasteiger partial charge in [0, 0.05) is 6.04 Å². The third-order valence-corrected chi connectivity index (χ3v) is 3.70. The summed E-state index contributed by atoms with van der Waals surface area (Å²) in [5.74, 6) is -0.187. The molecule has 0 unspecified atom stereocenters. The molecule has 0 aliphatic heterocycles. The number of rotatable bonds is 6. The summed E-state index contributed by atoms with van der Waals surface area (Å²) in [6.07, 6.45) is 4.79. The molecule has 1 fully saturated rings. The van der Waals surface area contributed by atoms with Gasteiger partial charge in [-0.3, -0.25) is 4.79 Å². The number of carbonyl (C=O) groups excluding carboxylic acids is 2. The Morgan fingerprint density at radius 3 is 2.55 bits per heavy atom. The Labute approximate surface area is 131 Å². The largest absolute Gasteiger partial charge is 0.479 e. The van der Waals surface area contributed by atoms with Crippen LogP contribution in [0.1, 0.15) is 39.0 Å². The molecule has 2 rings (SSSR count). The molecule has 1 atom stereocenters. The molecule has 1 amide bonds. The molecule has 120 valence electrons. The lowest BCUT2D eigenvalue weighted by Crippen LogP contribution is -2.39. The molecule has 0 radical (unpaired) electrons. The van der Waals surface area contributed by atoms with Gasteiger partial charge in [0.1, 0.15) is 5.75 Å². The van der Waals surface area contributed by atoms with Crippen molar-refractivity contribution >= 4 is 11.9 Å². The summed E-state index contributed by atoms with van der Waals surface area (Å²) in [5.41, 5.74) is 0. The van der Waals surface area contributed by atoms with Gasteiger partial charge in [0.2, 0.25) is 0 Å². The normalized spacial score (nSPS) is 16.6. The van der Waals surface area contributed by atoms with Crippen LogP contribution >= 0.6 is 0 Å². The molecule has 0 spiro atoms. The highest BCUT2D eigenvalue weighted by atomic mass is 16.6. The van der Waals surface area contributed by atoms with Crippen molar-refractivity contribution in [3.63, 3.8) is 0 Å². The predicted octanol–water partition coefficient (Wildman–Crippen LogP) is 2.45. The minimum atomic E-state index is -0.745. The van der Waals surface area contributed by atoms with Gasteiger partial charge in [-0.2, -0.15) is 0 Å². The maximum absolute atomic E-state index is 11.8. The van der Waals surface area contributed by atoms with Crippen molar-refractivity contribution in [1.29, 1.82) is 0 Å². The van der Waals surface area contributed by atoms with Gasteiger partial charge in [-0.1, -0.05) is 37.5 Å². The number of hydrogen-bond donors (Lipinski definition) is 1. The smallest absolute Gasteiger partial charge is 0.347 e. The maximum atomic E-state index is 11.8. The fourth-order valence-electron chi connectivity index (χ4n) is 2.52. The average molecular weight is 305 g/mol. The number of carbonyl (C=O) groups is 2. The lowest BCUT2D eigenvalue weighted by molar-refractivity contribution is -0.154. The van der Waals surface area contributed by atoms with Crippen LogP contribution in [-0.2, 0) is 14.3 Å². The van der Waals surface area contributed by atoms with E-state index < -0.39 is 12.1 Å². The number of hydrogen-bond acceptors (Lipinski definition) is 4. The SMILES string of the molecule is C[C@H](Oc1ccccc1)C(=O)OCC(=O)NC1CCCCC1. The second-order valence-corrected chi connectivity index (χ2v) is 5.58. The van der Waals surface area contributed by atoms with Crippen LogP contribution < -0.4 is 10.1 Å². The molecule has 1 aliphatic carbocycles. The average Bonchev–Trinajstić information content (AvgIpc) is 2.54. The Balaban J connectivity index is 1.68. The Morgan fingerprint density at radius 2 is 1.86 bits per heavy atom. The molecule has 0 heterocycles. The molecule has 1 aromatic rings. The van der Waals surface area contributed by atoms with Crippen LogP contribution in [0, 0.1) is 0 Å². The van der Waals surface area contributed by atoms with E-state index in [-0.39, 0.29) is 18.6 Å². The monoisotopic (exact) mass is 305 g/mol. The summed E-state index contributed by atoms with van der Waals surface area (Å²) in [7, 11) is 0. The van der Waals surface area contributed by atoms with E-state index in [4.69, 9.17) is 9.47 Å². The van der Waals surface area contributed by atoms with E-state index in [1.165, 1.54) is 6.42 Å². The summed E-state index contributed by atoms with van der Waals surface area (Å²) < 4.78 is 10.5. The highest BCUT2D eigenvalue weighted by Crippen LogP contribution is 2.17. The number of para-hydroxylation sites is 1. The van der Waals surface area contributed by atoms with Gasteiger partial charge < -0.3 is 14.8 Å². The third kappa shape index (κ3) is 5.39. The van der Waals surface area contributed by atoms with Crippen molar-refractivity contribution in [2.75, 3.05) is 6.61 Å². The van der Waals surface area contributed by atoms with Gasteiger partial charge in [-0.15, -0.1) is 0 Å². The van der Waals surface area contributed by atoms with Crippen molar-refractivity contribution in [3.8, 4) is 5.75 Å². The van der Waals surface area contributed by atoms with Gasteiger partial charge >= 0.3 is 5.97 Å². The zero-order valence-corrected chi connectivity index (χ0v) is 12.9. The minimum Gasteiger partial charge on any atom is -0.479 e. The molecule has 0 saturated heterocycles. The number of amides is 1. The van der Waals surface area contributed by atoms with Crippen LogP contribution in [0.15, 0.2) is 30.3 Å². The Bertz CT molecular complexity index is 483. The van der Waals surface area contributed by atoms with Gasteiger partial charge in [-0.25, -0.2) is 4.79 Å². The maximum Gasteiger partial charge on any atom is 0.347 e. The highest BCUT2D eigenvalue weighted by molar-refractivity contribution is 5.82. The minimum absolute atomic E-state index is 0.220. The van der Waals surface area contributed by atoms with Crippen molar-refractivity contribution in [2.45, 2.75) is 51.2 Å². The van der Waals surface area contributed by atoms with Gasteiger partial charge in [0.15, 0.2) is 12.7 Å². The molecule has 1 N–H and O–H groups in total. The first kappa shape index (κ1) is 16.3. The molecular weight excluding hydrogens is 282 g/mol. The van der Waals surface area contributed by atoms with Crippen molar-refractivity contribution < 1.29 is 19.1 Å². The Kier molecular flexibility index (Phi) is 6.25. The first-order chi connectivity index (χ1) is 10.6. The quantitative estimate of drug-likeness (QED) is 0.820. The summed E-state index contributed by atoms with van der Waals surface area (Å²) in [6, 6.07) is 9.26. The van der Waals surface area contributed by atoms with E-state index in [1.54, 1.807) is 19.1 Å². The van der Waals surface area contributed by atoms with Crippen molar-refractivity contribution in [1.82, 2.24) is 5.32 Å². The molecule has 0 aromatic heterocycles. The second kappa shape index (κ2) is 8.41. The third-order valence-electron chi connectivity index (χ3n) is 3.70. The van der Waals surface area contributed by atoms with Gasteiger partial charge in [0.25, 0.3) is 5.91 Å². The Morgan fingerprint density at radius 1 is 1.18 bits per heavy atom. The molecule has 1 aliphatic rings. The summed E-state index contributed by atoms with van der Waals surface area (Å²) in [4.78, 5) is 23.6. The molecule has 0 bridgehead atoms. The fraction of sp³-hybridized carbons (Fsp3) is 0.529. The number of esters is 1. The fourth-order valence-corrected chi connectivity index (χ4v) is 2.52. The van der Waals surface area contributed by atoms with Crippen molar-refractivity contribution in [3.05, 3.63) is 30.3 Å². The molecule has 1 saturated carbocycles. The van der Waals surface area contributed by atoms with E-state index >= 15 is 0 Å². The second-order valence-electron chi connectivity index (χ2n) is 5.58. The van der Waals surface area contributed by atoms with Crippen LogP contribution in [0.3, 0.4) is 0 Å². The number of ether oxygens (including phenoxy) is 2. The molecule has 5 heteroatoms. The van der Waals surface area contributed by atoms with E-state index in [9.17, 15) is 9.59 Å². The molecule has 5 nitrogen and oxygen atoms in total. The van der Waals surface area contributed by atoms with E-state index in [1.807, 2.05) is 18.2 Å². The zero-order chi connectivity index (χ0) is 15.8. The van der Waals surface area contributed by atoms with Crippen LogP contribution in [0.25, 0.3) is 0 Å². The van der Waals surface area contributed by atoms with Gasteiger partial charge in [-0.05, 0) is 31.9 Å². The van der Waals surface area contributed by atoms with Crippen LogP contribution in [0.2, 0.25) is 0 Å². The lowest BCUT2D eigenvalue weighted by atomic mass is 9.95. The van der Waals surface area contributed by atoms with E-state index in [2.05, 4.69) is 5.32 Å². The van der Waals surface area contributed by atoms with E-state index in [0.717, 1.165) is 25.7 Å². The zero-order valence-electron chi connectivity index (χ0n) is 12.9. The van der Waals surface area contributed by atoms with Crippen LogP contribution in [0.4, 0.5) is 0 Å². The van der Waals surface area contributed by atoms with Gasteiger partial charge in [0.05, 0.1) is 0 Å². The first-order valence-corrected chi connectivity index (χ1v) is 7.83. The standard InChI is InChI=1S/C17H23NO4/c1-13(22-15-10-6-3-7-11-15)17(20)21-12-16(19)18-14-8-4-2-5-9-14/h3,6-7,10-11,13-14H,2,4-5,8-9,12H2,1H3,(H,18,19)/t13-/m0/s1. The Hall–Kier alpha value is -2.04.